The van der Waals surface area contributed by atoms with Crippen LogP contribution < -0.4 is 5.32 Å². The lowest BCUT2D eigenvalue weighted by atomic mass is 9.34. The second-order valence-corrected chi connectivity index (χ2v) is 17.2. The van der Waals surface area contributed by atoms with Crippen LogP contribution >= 0.6 is 0 Å². The number of aliphatic carboxylic acids is 1. The summed E-state index contributed by atoms with van der Waals surface area (Å²) in [6.07, 6.45) is 18.8. The maximum Gasteiger partial charge on any atom is 0.341 e. The van der Waals surface area contributed by atoms with E-state index >= 15 is 0 Å². The number of carboxylic acids is 1. The number of fused-ring (bicyclic) bond motifs is 7. The van der Waals surface area contributed by atoms with Gasteiger partial charge in [0.1, 0.15) is 0 Å². The van der Waals surface area contributed by atoms with Gasteiger partial charge >= 0.3 is 5.97 Å². The molecule has 0 heterocycles. The van der Waals surface area contributed by atoms with E-state index in [-0.39, 0.29) is 23.8 Å². The summed E-state index contributed by atoms with van der Waals surface area (Å²) >= 11 is 0. The number of allylic oxidation sites excluding steroid dienone is 4. The van der Waals surface area contributed by atoms with Gasteiger partial charge in [-0.1, -0.05) is 46.3 Å². The Morgan fingerprint density at radius 2 is 1.71 bits per heavy atom. The van der Waals surface area contributed by atoms with Crippen LogP contribution in [0.25, 0.3) is 0 Å². The number of hydrogen-bond donors (Lipinski definition) is 3. The Labute approximate surface area is 254 Å². The van der Waals surface area contributed by atoms with E-state index in [2.05, 4.69) is 39.1 Å². The molecule has 4 saturated carbocycles. The van der Waals surface area contributed by atoms with Crippen molar-refractivity contribution in [2.75, 3.05) is 6.54 Å². The van der Waals surface area contributed by atoms with Gasteiger partial charge in [0.05, 0.1) is 5.60 Å². The van der Waals surface area contributed by atoms with Gasteiger partial charge in [0.2, 0.25) is 5.67 Å². The molecule has 0 aromatic carbocycles. The lowest BCUT2D eigenvalue weighted by molar-refractivity contribution is -0.212. The number of carboxylic acid groups (broad SMARTS) is 1. The molecule has 4 fully saturated rings. The fraction of sp³-hybridized carbons (Fsp3) is 0.865. The van der Waals surface area contributed by atoms with Crippen LogP contribution in [0.15, 0.2) is 23.3 Å². The van der Waals surface area contributed by atoms with Crippen LogP contribution in [0.1, 0.15) is 131 Å². The molecule has 6 aliphatic carbocycles. The van der Waals surface area contributed by atoms with Gasteiger partial charge in [-0.2, -0.15) is 0 Å². The minimum atomic E-state index is -2.10. The number of carbonyl (C=O) groups is 1. The van der Waals surface area contributed by atoms with Crippen LogP contribution in [-0.4, -0.2) is 39.5 Å². The molecule has 42 heavy (non-hydrogen) atoms. The first-order valence-corrected chi connectivity index (χ1v) is 17.4. The molecule has 0 saturated heterocycles. The smallest absolute Gasteiger partial charge is 0.341 e. The minimum absolute atomic E-state index is 0.000619. The lowest BCUT2D eigenvalue weighted by Gasteiger charge is -2.71. The molecule has 0 aromatic heterocycles. The first-order chi connectivity index (χ1) is 19.6. The molecule has 0 amide bonds. The van der Waals surface area contributed by atoms with Gasteiger partial charge in [-0.05, 0) is 154 Å². The maximum absolute atomic E-state index is 14.8. The third-order valence-corrected chi connectivity index (χ3v) is 15.0. The summed E-state index contributed by atoms with van der Waals surface area (Å²) in [5, 5.41) is 23.8. The van der Waals surface area contributed by atoms with Gasteiger partial charge in [0, 0.05) is 12.0 Å². The van der Waals surface area contributed by atoms with Crippen molar-refractivity contribution in [2.24, 2.45) is 45.8 Å². The fourth-order valence-electron chi connectivity index (χ4n) is 12.4. The summed E-state index contributed by atoms with van der Waals surface area (Å²) in [6, 6.07) is 0. The summed E-state index contributed by atoms with van der Waals surface area (Å²) < 4.78 is 14.8. The van der Waals surface area contributed by atoms with Crippen molar-refractivity contribution < 1.29 is 19.4 Å². The Hall–Kier alpha value is -1.20. The third-order valence-electron chi connectivity index (χ3n) is 15.0. The molecule has 3 N–H and O–H groups in total. The highest BCUT2D eigenvalue weighted by Gasteiger charge is 2.68. The standard InChI is InChI=1S/C37H58FNO3/c1-24-26(25-11-18-36(38,19-12-25)31(40)41)13-16-33(4)27(24)14-17-35(6)30(33)10-9-28-29-8-7-15-37(29,21-20-34(28,35)5)39-23-22-32(2,3)42/h11,13,24,27-30,39,42H,7-10,12,14-23H2,1-6H3,(H,40,41)/t24?,27?,28?,29?,30?,33?,34-,35?,36?,37?/m1/s1. The summed E-state index contributed by atoms with van der Waals surface area (Å²) in [5.74, 6) is 2.01. The fourth-order valence-corrected chi connectivity index (χ4v) is 12.4. The van der Waals surface area contributed by atoms with Crippen molar-refractivity contribution in [3.63, 3.8) is 0 Å². The molecule has 0 bridgehead atoms. The van der Waals surface area contributed by atoms with E-state index in [0.29, 0.717) is 35.0 Å². The molecule has 0 spiro atoms. The zero-order valence-electron chi connectivity index (χ0n) is 27.3. The minimum Gasteiger partial charge on any atom is -0.479 e. The SMILES string of the molecule is CC1C(C2=CCC(F)(C(=O)O)CC2)=CCC2(C)C1CCC1(C)C2CCC2C3CCCC3(NCCC(C)(C)O)CC[C@]21C. The topological polar surface area (TPSA) is 69.6 Å². The number of rotatable bonds is 6. The Kier molecular flexibility index (Phi) is 7.45. The van der Waals surface area contributed by atoms with Crippen LogP contribution in [-0.2, 0) is 4.79 Å². The highest BCUT2D eigenvalue weighted by molar-refractivity contribution is 5.78. The van der Waals surface area contributed by atoms with Gasteiger partial charge < -0.3 is 15.5 Å². The highest BCUT2D eigenvalue weighted by atomic mass is 19.1. The molecule has 10 atom stereocenters. The second kappa shape index (κ2) is 10.2. The highest BCUT2D eigenvalue weighted by Crippen LogP contribution is 2.75. The molecular weight excluding hydrogens is 525 g/mol. The summed E-state index contributed by atoms with van der Waals surface area (Å²) in [5.41, 5.74) is 1.13. The molecule has 0 aliphatic heterocycles. The van der Waals surface area contributed by atoms with Crippen molar-refractivity contribution in [3.05, 3.63) is 23.3 Å². The van der Waals surface area contributed by atoms with E-state index in [1.165, 1.54) is 68.9 Å². The van der Waals surface area contributed by atoms with Gasteiger partial charge in [-0.25, -0.2) is 9.18 Å². The number of aliphatic hydroxyl groups is 1. The van der Waals surface area contributed by atoms with Crippen molar-refractivity contribution in [1.29, 1.82) is 0 Å². The summed E-state index contributed by atoms with van der Waals surface area (Å²) in [6.45, 7) is 15.2. The molecule has 4 nitrogen and oxygen atoms in total. The monoisotopic (exact) mass is 583 g/mol. The van der Waals surface area contributed by atoms with Gasteiger partial charge in [0.25, 0.3) is 0 Å². The molecule has 236 valence electrons. The first kappa shape index (κ1) is 30.8. The van der Waals surface area contributed by atoms with Gasteiger partial charge in [-0.3, -0.25) is 0 Å². The number of nitrogens with one attached hydrogen (secondary N) is 1. The zero-order valence-corrected chi connectivity index (χ0v) is 27.3. The molecule has 9 unspecified atom stereocenters. The van der Waals surface area contributed by atoms with E-state index in [0.717, 1.165) is 31.2 Å². The quantitative estimate of drug-likeness (QED) is 0.294. The molecule has 5 heteroatoms. The molecular formula is C37H58FNO3. The molecule has 6 aliphatic rings. The largest absolute Gasteiger partial charge is 0.479 e. The van der Waals surface area contributed by atoms with Crippen LogP contribution in [0.3, 0.4) is 0 Å². The number of halogens is 1. The summed E-state index contributed by atoms with van der Waals surface area (Å²) in [7, 11) is 0. The van der Waals surface area contributed by atoms with Crippen molar-refractivity contribution in [3.8, 4) is 0 Å². The number of alkyl halides is 1. The van der Waals surface area contributed by atoms with E-state index in [4.69, 9.17) is 0 Å². The van der Waals surface area contributed by atoms with E-state index in [9.17, 15) is 19.4 Å². The average molecular weight is 584 g/mol. The van der Waals surface area contributed by atoms with Gasteiger partial charge in [-0.15, -0.1) is 0 Å². The Bertz CT molecular complexity index is 1160. The molecule has 6 rings (SSSR count). The lowest BCUT2D eigenvalue weighted by Crippen LogP contribution is -2.67. The zero-order chi connectivity index (χ0) is 30.3. The Balaban J connectivity index is 1.23. The predicted molar refractivity (Wildman–Crippen MR) is 167 cm³/mol. The van der Waals surface area contributed by atoms with Crippen molar-refractivity contribution in [2.45, 2.75) is 148 Å². The van der Waals surface area contributed by atoms with E-state index in [1.807, 2.05) is 19.9 Å². The van der Waals surface area contributed by atoms with Crippen LogP contribution in [0, 0.1) is 45.8 Å². The Morgan fingerprint density at radius 1 is 0.952 bits per heavy atom. The number of hydrogen-bond acceptors (Lipinski definition) is 3. The van der Waals surface area contributed by atoms with Crippen molar-refractivity contribution in [1.82, 2.24) is 5.32 Å². The summed E-state index contributed by atoms with van der Waals surface area (Å²) in [4.78, 5) is 11.5. The molecule has 0 aromatic rings. The first-order valence-electron chi connectivity index (χ1n) is 17.4. The van der Waals surface area contributed by atoms with Gasteiger partial charge in [0.15, 0.2) is 0 Å². The van der Waals surface area contributed by atoms with Crippen LogP contribution in [0.2, 0.25) is 0 Å². The van der Waals surface area contributed by atoms with E-state index < -0.39 is 17.2 Å². The van der Waals surface area contributed by atoms with Crippen LogP contribution in [0.4, 0.5) is 4.39 Å². The second-order valence-electron chi connectivity index (χ2n) is 17.2. The maximum atomic E-state index is 14.8. The Morgan fingerprint density at radius 3 is 2.38 bits per heavy atom. The average Bonchev–Trinajstić information content (AvgIpc) is 3.33. The molecule has 0 radical (unpaired) electrons. The van der Waals surface area contributed by atoms with Crippen LogP contribution in [0.5, 0.6) is 0 Å². The van der Waals surface area contributed by atoms with E-state index in [1.54, 1.807) is 0 Å². The third kappa shape index (κ3) is 4.52. The predicted octanol–water partition coefficient (Wildman–Crippen LogP) is 8.39. The normalized spacial score (nSPS) is 48.7. The van der Waals surface area contributed by atoms with Crippen molar-refractivity contribution >= 4 is 5.97 Å².